The molecular weight excluding hydrogens is 414 g/mol. The molecule has 1 aromatic heterocycles. The predicted octanol–water partition coefficient (Wildman–Crippen LogP) is 4.17. The summed E-state index contributed by atoms with van der Waals surface area (Å²) in [7, 11) is -4.08. The first kappa shape index (κ1) is 19.1. The molecule has 5 rings (SSSR count). The maximum Gasteiger partial charge on any atom is 0.339 e. The van der Waals surface area contributed by atoms with Crippen molar-refractivity contribution in [3.05, 3.63) is 102 Å². The third-order valence-electron chi connectivity index (χ3n) is 5.21. The van der Waals surface area contributed by atoms with Crippen LogP contribution in [0, 0.1) is 0 Å². The van der Waals surface area contributed by atoms with Crippen molar-refractivity contribution in [3.63, 3.8) is 0 Å². The average Bonchev–Trinajstić information content (AvgIpc) is 3.04. The first-order chi connectivity index (χ1) is 15.0. The minimum atomic E-state index is -4.08. The van der Waals surface area contributed by atoms with Crippen molar-refractivity contribution in [2.75, 3.05) is 0 Å². The van der Waals surface area contributed by atoms with Gasteiger partial charge in [0.1, 0.15) is 16.3 Å². The highest BCUT2D eigenvalue weighted by Crippen LogP contribution is 2.35. The molecule has 0 amide bonds. The monoisotopic (exact) mass is 429 g/mol. The number of ketones is 2. The van der Waals surface area contributed by atoms with E-state index in [4.69, 9.17) is 4.18 Å². The fourth-order valence-electron chi connectivity index (χ4n) is 3.73. The van der Waals surface area contributed by atoms with Crippen LogP contribution in [0.25, 0.3) is 10.9 Å². The lowest BCUT2D eigenvalue weighted by molar-refractivity contribution is 0.0888. The van der Waals surface area contributed by atoms with E-state index < -0.39 is 16.0 Å². The lowest BCUT2D eigenvalue weighted by atomic mass is 9.98. The molecule has 0 atom stereocenters. The van der Waals surface area contributed by atoms with Crippen LogP contribution in [0.4, 0.5) is 0 Å². The number of rotatable bonds is 4. The van der Waals surface area contributed by atoms with Crippen LogP contribution in [0.5, 0.6) is 5.75 Å². The summed E-state index contributed by atoms with van der Waals surface area (Å²) in [4.78, 5) is 30.2. The highest BCUT2D eigenvalue weighted by atomic mass is 32.2. The Morgan fingerprint density at radius 3 is 2.03 bits per heavy atom. The summed E-state index contributed by atoms with van der Waals surface area (Å²) < 4.78 is 30.7. The summed E-state index contributed by atoms with van der Waals surface area (Å²) in [6, 6.07) is 22.7. The van der Waals surface area contributed by atoms with E-state index in [0.717, 1.165) is 0 Å². The minimum absolute atomic E-state index is 0.0137. The number of pyridine rings is 1. The molecule has 1 aliphatic rings. The Hall–Kier alpha value is -3.84. The molecule has 1 aliphatic carbocycles. The molecule has 0 saturated heterocycles. The molecule has 0 radical (unpaired) electrons. The SMILES string of the molecule is O=C1c2ccccc2C(=O)C1c1ccc2cccc(OS(=O)(=O)c3ccccc3)c2n1. The molecule has 0 saturated carbocycles. The number of hydrogen-bond acceptors (Lipinski definition) is 6. The summed E-state index contributed by atoms with van der Waals surface area (Å²) in [6.45, 7) is 0. The zero-order valence-corrected chi connectivity index (χ0v) is 16.9. The summed E-state index contributed by atoms with van der Waals surface area (Å²) in [5, 5.41) is 0.625. The zero-order valence-electron chi connectivity index (χ0n) is 16.1. The molecule has 0 spiro atoms. The summed E-state index contributed by atoms with van der Waals surface area (Å²) >= 11 is 0. The molecule has 0 N–H and O–H groups in total. The van der Waals surface area contributed by atoms with Crippen LogP contribution in [0.2, 0.25) is 0 Å². The number of carbonyl (C=O) groups excluding carboxylic acids is 2. The molecule has 7 heteroatoms. The minimum Gasteiger partial charge on any atom is -0.377 e. The van der Waals surface area contributed by atoms with Crippen LogP contribution in [-0.2, 0) is 10.1 Å². The quantitative estimate of drug-likeness (QED) is 0.357. The predicted molar refractivity (Wildman–Crippen MR) is 114 cm³/mol. The first-order valence-corrected chi connectivity index (χ1v) is 10.9. The molecule has 152 valence electrons. The number of carbonyl (C=O) groups is 2. The fraction of sp³-hybridized carbons (Fsp3) is 0.0417. The Labute approximate surface area is 178 Å². The van der Waals surface area contributed by atoms with Crippen molar-refractivity contribution >= 4 is 32.6 Å². The van der Waals surface area contributed by atoms with Crippen LogP contribution in [0.15, 0.2) is 89.8 Å². The lowest BCUT2D eigenvalue weighted by Gasteiger charge is -2.12. The molecule has 0 fully saturated rings. The van der Waals surface area contributed by atoms with Crippen molar-refractivity contribution in [2.45, 2.75) is 10.8 Å². The maximum absolute atomic E-state index is 12.9. The van der Waals surface area contributed by atoms with Crippen molar-refractivity contribution in [1.82, 2.24) is 4.98 Å². The van der Waals surface area contributed by atoms with Gasteiger partial charge in [-0.1, -0.05) is 60.7 Å². The number of hydrogen-bond donors (Lipinski definition) is 0. The van der Waals surface area contributed by atoms with Crippen LogP contribution in [-0.4, -0.2) is 25.0 Å². The van der Waals surface area contributed by atoms with Crippen molar-refractivity contribution < 1.29 is 22.2 Å². The summed E-state index contributed by atoms with van der Waals surface area (Å²) in [6.07, 6.45) is 0. The van der Waals surface area contributed by atoms with Crippen molar-refractivity contribution in [3.8, 4) is 5.75 Å². The normalized spacial score (nSPS) is 14.1. The fourth-order valence-corrected chi connectivity index (χ4v) is 4.69. The van der Waals surface area contributed by atoms with Gasteiger partial charge in [0.15, 0.2) is 17.3 Å². The molecule has 31 heavy (non-hydrogen) atoms. The van der Waals surface area contributed by atoms with E-state index in [-0.39, 0.29) is 33.4 Å². The number of nitrogens with zero attached hydrogens (tertiary/aromatic N) is 1. The van der Waals surface area contributed by atoms with E-state index in [1.54, 1.807) is 66.7 Å². The van der Waals surface area contributed by atoms with Gasteiger partial charge in [0.05, 0.1) is 5.69 Å². The highest BCUT2D eigenvalue weighted by Gasteiger charge is 2.40. The smallest absolute Gasteiger partial charge is 0.339 e. The van der Waals surface area contributed by atoms with Crippen LogP contribution < -0.4 is 4.18 Å². The molecule has 0 bridgehead atoms. The number of fused-ring (bicyclic) bond motifs is 2. The van der Waals surface area contributed by atoms with Gasteiger partial charge in [0.25, 0.3) is 0 Å². The van der Waals surface area contributed by atoms with Gasteiger partial charge in [-0.15, -0.1) is 0 Å². The molecule has 4 aromatic rings. The van der Waals surface area contributed by atoms with E-state index in [0.29, 0.717) is 16.5 Å². The zero-order chi connectivity index (χ0) is 21.6. The highest BCUT2D eigenvalue weighted by molar-refractivity contribution is 7.87. The van der Waals surface area contributed by atoms with Gasteiger partial charge < -0.3 is 4.18 Å². The van der Waals surface area contributed by atoms with Gasteiger partial charge in [-0.05, 0) is 24.3 Å². The van der Waals surface area contributed by atoms with E-state index in [1.165, 1.54) is 18.2 Å². The standard InChI is InChI=1S/C24H15NO5S/c26-23-17-10-4-5-11-18(17)24(27)21(23)19-14-13-15-7-6-12-20(22(15)25-19)30-31(28,29)16-8-2-1-3-9-16/h1-14,21H. The van der Waals surface area contributed by atoms with E-state index in [9.17, 15) is 18.0 Å². The van der Waals surface area contributed by atoms with Crippen LogP contribution >= 0.6 is 0 Å². The molecule has 0 unspecified atom stereocenters. The maximum atomic E-state index is 12.9. The lowest BCUT2D eigenvalue weighted by Crippen LogP contribution is -2.15. The molecule has 1 heterocycles. The van der Waals surface area contributed by atoms with Crippen LogP contribution in [0.1, 0.15) is 32.3 Å². The second-order valence-corrected chi connectivity index (χ2v) is 8.67. The number of para-hydroxylation sites is 1. The van der Waals surface area contributed by atoms with Crippen molar-refractivity contribution in [2.24, 2.45) is 0 Å². The largest absolute Gasteiger partial charge is 0.377 e. The molecule has 6 nitrogen and oxygen atoms in total. The Bertz CT molecular complexity index is 1430. The van der Waals surface area contributed by atoms with Gasteiger partial charge in [0, 0.05) is 16.5 Å². The van der Waals surface area contributed by atoms with Gasteiger partial charge in [-0.3, -0.25) is 9.59 Å². The number of aromatic nitrogens is 1. The van der Waals surface area contributed by atoms with Gasteiger partial charge >= 0.3 is 10.1 Å². The molecular formula is C24H15NO5S. The Morgan fingerprint density at radius 1 is 0.710 bits per heavy atom. The van der Waals surface area contributed by atoms with Gasteiger partial charge in [-0.2, -0.15) is 8.42 Å². The summed E-state index contributed by atoms with van der Waals surface area (Å²) in [5.74, 6) is -1.66. The summed E-state index contributed by atoms with van der Waals surface area (Å²) in [5.41, 5.74) is 1.26. The van der Waals surface area contributed by atoms with Gasteiger partial charge in [0.2, 0.25) is 0 Å². The number of Topliss-reactive ketones (excluding diaryl/α,β-unsaturated/α-hetero) is 2. The average molecular weight is 429 g/mol. The Kier molecular flexibility index (Phi) is 4.41. The third-order valence-corrected chi connectivity index (χ3v) is 6.46. The topological polar surface area (TPSA) is 90.4 Å². The Morgan fingerprint density at radius 2 is 1.35 bits per heavy atom. The number of benzene rings is 3. The van der Waals surface area contributed by atoms with Crippen molar-refractivity contribution in [1.29, 1.82) is 0 Å². The first-order valence-electron chi connectivity index (χ1n) is 9.52. The molecule has 3 aromatic carbocycles. The van der Waals surface area contributed by atoms with Crippen LogP contribution in [0.3, 0.4) is 0 Å². The van der Waals surface area contributed by atoms with Gasteiger partial charge in [-0.25, -0.2) is 4.98 Å². The second-order valence-electron chi connectivity index (χ2n) is 7.12. The van der Waals surface area contributed by atoms with E-state index in [2.05, 4.69) is 4.98 Å². The Balaban J connectivity index is 1.58. The van der Waals surface area contributed by atoms with E-state index in [1.807, 2.05) is 0 Å². The second kappa shape index (κ2) is 7.14. The van der Waals surface area contributed by atoms with E-state index >= 15 is 0 Å². The molecule has 0 aliphatic heterocycles. The third kappa shape index (κ3) is 3.19.